The zero-order chi connectivity index (χ0) is 13.4. The Kier molecular flexibility index (Phi) is 3.33. The molecule has 98 valence electrons. The molecule has 0 atom stereocenters. The van der Waals surface area contributed by atoms with E-state index in [9.17, 15) is 4.39 Å². The largest absolute Gasteiger partial charge is 0.326 e. The third-order valence-corrected chi connectivity index (χ3v) is 3.85. The van der Waals surface area contributed by atoms with Gasteiger partial charge >= 0.3 is 0 Å². The van der Waals surface area contributed by atoms with Crippen LogP contribution < -0.4 is 4.90 Å². The number of benzene rings is 1. The summed E-state index contributed by atoms with van der Waals surface area (Å²) >= 11 is 11.8. The first-order chi connectivity index (χ1) is 9.19. The van der Waals surface area contributed by atoms with Crippen LogP contribution >= 0.6 is 23.2 Å². The predicted molar refractivity (Wildman–Crippen MR) is 75.9 cm³/mol. The van der Waals surface area contributed by atoms with Crippen LogP contribution in [0.4, 0.5) is 15.9 Å². The Bertz CT molecular complexity index is 631. The maximum absolute atomic E-state index is 13.4. The number of halogens is 3. The van der Waals surface area contributed by atoms with Crippen molar-refractivity contribution < 1.29 is 4.39 Å². The van der Waals surface area contributed by atoms with E-state index in [4.69, 9.17) is 23.2 Å². The number of hydrogen-bond acceptors (Lipinski definition) is 2. The first kappa shape index (κ1) is 12.7. The third kappa shape index (κ3) is 2.28. The molecule has 0 aliphatic carbocycles. The fraction of sp³-hybridized carbons (Fsp3) is 0.214. The van der Waals surface area contributed by atoms with E-state index >= 15 is 0 Å². The van der Waals surface area contributed by atoms with Crippen LogP contribution in [-0.4, -0.2) is 11.5 Å². The summed E-state index contributed by atoms with van der Waals surface area (Å²) in [4.78, 5) is 6.43. The Morgan fingerprint density at radius 1 is 1.26 bits per heavy atom. The maximum atomic E-state index is 13.4. The summed E-state index contributed by atoms with van der Waals surface area (Å²) < 4.78 is 13.4. The minimum absolute atomic E-state index is 0.239. The van der Waals surface area contributed by atoms with Crippen molar-refractivity contribution in [1.29, 1.82) is 0 Å². The van der Waals surface area contributed by atoms with Gasteiger partial charge in [-0.25, -0.2) is 9.37 Å². The number of aromatic nitrogens is 1. The van der Waals surface area contributed by atoms with Crippen molar-refractivity contribution in [3.05, 3.63) is 52.4 Å². The summed E-state index contributed by atoms with van der Waals surface area (Å²) in [6.45, 7) is 0.787. The summed E-state index contributed by atoms with van der Waals surface area (Å²) in [5.74, 6) is 0.776. The van der Waals surface area contributed by atoms with E-state index in [1.807, 2.05) is 17.0 Å². The Balaban J connectivity index is 2.04. The van der Waals surface area contributed by atoms with Crippen molar-refractivity contribution >= 4 is 34.7 Å². The highest BCUT2D eigenvalue weighted by atomic mass is 35.5. The molecule has 0 fully saturated rings. The molecule has 0 unspecified atom stereocenters. The fourth-order valence-corrected chi connectivity index (χ4v) is 2.75. The molecule has 0 spiro atoms. The Labute approximate surface area is 120 Å². The van der Waals surface area contributed by atoms with Gasteiger partial charge in [0.25, 0.3) is 0 Å². The molecule has 0 radical (unpaired) electrons. The van der Waals surface area contributed by atoms with Crippen molar-refractivity contribution in [3.8, 4) is 0 Å². The quantitative estimate of drug-likeness (QED) is 0.768. The van der Waals surface area contributed by atoms with Crippen LogP contribution in [0, 0.1) is 5.82 Å². The first-order valence-corrected chi connectivity index (χ1v) is 6.87. The molecule has 0 saturated carbocycles. The number of pyridine rings is 1. The maximum Gasteiger partial charge on any atom is 0.133 e. The topological polar surface area (TPSA) is 16.1 Å². The molecule has 3 rings (SSSR count). The second kappa shape index (κ2) is 4.99. The van der Waals surface area contributed by atoms with Gasteiger partial charge in [0.2, 0.25) is 0 Å². The van der Waals surface area contributed by atoms with Crippen molar-refractivity contribution in [1.82, 2.24) is 4.98 Å². The minimum Gasteiger partial charge on any atom is -0.326 e. The standard InChI is InChI=1S/C14H11Cl2FN2/c15-8-12-11(16)3-4-14(18-12)19-6-5-9-1-2-10(17)7-13(9)19/h1-4,7H,5-6,8H2. The molecular formula is C14H11Cl2FN2. The minimum atomic E-state index is -0.239. The lowest BCUT2D eigenvalue weighted by molar-refractivity contribution is 0.628. The Morgan fingerprint density at radius 2 is 2.11 bits per heavy atom. The lowest BCUT2D eigenvalue weighted by Gasteiger charge is -2.19. The molecule has 1 aromatic heterocycles. The molecular weight excluding hydrogens is 286 g/mol. The lowest BCUT2D eigenvalue weighted by atomic mass is 10.2. The van der Waals surface area contributed by atoms with Crippen molar-refractivity contribution in [2.45, 2.75) is 12.3 Å². The molecule has 2 nitrogen and oxygen atoms in total. The monoisotopic (exact) mass is 296 g/mol. The van der Waals surface area contributed by atoms with Crippen LogP contribution in [0.5, 0.6) is 0 Å². The van der Waals surface area contributed by atoms with E-state index < -0.39 is 0 Å². The van der Waals surface area contributed by atoms with Crippen LogP contribution in [0.15, 0.2) is 30.3 Å². The Hall–Kier alpha value is -1.32. The molecule has 1 aromatic carbocycles. The van der Waals surface area contributed by atoms with Crippen LogP contribution in [0.2, 0.25) is 5.02 Å². The summed E-state index contributed by atoms with van der Waals surface area (Å²) in [6.07, 6.45) is 0.885. The summed E-state index contributed by atoms with van der Waals surface area (Å²) in [6, 6.07) is 8.46. The third-order valence-electron chi connectivity index (χ3n) is 3.25. The number of hydrogen-bond donors (Lipinski definition) is 0. The van der Waals surface area contributed by atoms with Crippen LogP contribution in [0.1, 0.15) is 11.3 Å². The van der Waals surface area contributed by atoms with Crippen LogP contribution in [0.25, 0.3) is 0 Å². The first-order valence-electron chi connectivity index (χ1n) is 5.96. The number of alkyl halides is 1. The van der Waals surface area contributed by atoms with E-state index in [1.54, 1.807) is 12.1 Å². The van der Waals surface area contributed by atoms with E-state index in [0.29, 0.717) is 10.7 Å². The second-order valence-electron chi connectivity index (χ2n) is 4.41. The lowest BCUT2D eigenvalue weighted by Crippen LogP contribution is -2.15. The van der Waals surface area contributed by atoms with E-state index in [1.165, 1.54) is 6.07 Å². The van der Waals surface area contributed by atoms with E-state index in [0.717, 1.165) is 30.0 Å². The van der Waals surface area contributed by atoms with Crippen molar-refractivity contribution in [3.63, 3.8) is 0 Å². The van der Waals surface area contributed by atoms with Gasteiger partial charge in [-0.05, 0) is 36.2 Å². The van der Waals surface area contributed by atoms with Crippen molar-refractivity contribution in [2.75, 3.05) is 11.4 Å². The van der Waals surface area contributed by atoms with Crippen LogP contribution in [0.3, 0.4) is 0 Å². The van der Waals surface area contributed by atoms with Gasteiger partial charge < -0.3 is 4.90 Å². The Morgan fingerprint density at radius 3 is 2.89 bits per heavy atom. The van der Waals surface area contributed by atoms with E-state index in [-0.39, 0.29) is 11.7 Å². The van der Waals surface area contributed by atoms with Crippen molar-refractivity contribution in [2.24, 2.45) is 0 Å². The average molecular weight is 297 g/mol. The molecule has 5 heteroatoms. The predicted octanol–water partition coefficient (Wildman–Crippen LogP) is 4.31. The zero-order valence-corrected chi connectivity index (χ0v) is 11.5. The highest BCUT2D eigenvalue weighted by Gasteiger charge is 2.22. The number of fused-ring (bicyclic) bond motifs is 1. The van der Waals surface area contributed by atoms with Gasteiger partial charge in [-0.2, -0.15) is 0 Å². The van der Waals surface area contributed by atoms with Gasteiger partial charge in [0.15, 0.2) is 0 Å². The highest BCUT2D eigenvalue weighted by Crippen LogP contribution is 2.34. The SMILES string of the molecule is Fc1ccc2c(c1)N(c1ccc(Cl)c(CCl)n1)CC2. The van der Waals surface area contributed by atoms with Gasteiger partial charge in [-0.3, -0.25) is 0 Å². The smallest absolute Gasteiger partial charge is 0.133 e. The van der Waals surface area contributed by atoms with Gasteiger partial charge in [0.05, 0.1) is 16.6 Å². The summed E-state index contributed by atoms with van der Waals surface area (Å²) in [5.41, 5.74) is 2.65. The normalized spacial score (nSPS) is 13.7. The molecule has 1 aliphatic rings. The fourth-order valence-electron chi connectivity index (χ4n) is 2.31. The van der Waals surface area contributed by atoms with Gasteiger partial charge in [0.1, 0.15) is 11.6 Å². The molecule has 0 saturated heterocycles. The molecule has 0 amide bonds. The van der Waals surface area contributed by atoms with Gasteiger partial charge in [-0.1, -0.05) is 17.7 Å². The van der Waals surface area contributed by atoms with Gasteiger partial charge in [-0.15, -0.1) is 11.6 Å². The number of anilines is 2. The molecule has 19 heavy (non-hydrogen) atoms. The highest BCUT2D eigenvalue weighted by molar-refractivity contribution is 6.32. The molecule has 0 bridgehead atoms. The molecule has 1 aliphatic heterocycles. The van der Waals surface area contributed by atoms with E-state index in [2.05, 4.69) is 4.98 Å². The molecule has 0 N–H and O–H groups in total. The number of nitrogens with zero attached hydrogens (tertiary/aromatic N) is 2. The van der Waals surface area contributed by atoms with Crippen LogP contribution in [-0.2, 0) is 12.3 Å². The number of rotatable bonds is 2. The molecule has 2 heterocycles. The summed E-state index contributed by atoms with van der Waals surface area (Å²) in [5, 5.41) is 0.553. The second-order valence-corrected chi connectivity index (χ2v) is 5.08. The molecule has 2 aromatic rings. The average Bonchev–Trinajstić information content (AvgIpc) is 2.82. The zero-order valence-electron chi connectivity index (χ0n) is 10.0. The van der Waals surface area contributed by atoms with Gasteiger partial charge in [0, 0.05) is 12.2 Å². The summed E-state index contributed by atoms with van der Waals surface area (Å²) in [7, 11) is 0.